The van der Waals surface area contributed by atoms with Gasteiger partial charge >= 0.3 is 0 Å². The number of nitrogens with zero attached hydrogens (tertiary/aromatic N) is 4. The monoisotopic (exact) mass is 383 g/mol. The smallest absolute Gasteiger partial charge is 0.291 e. The van der Waals surface area contributed by atoms with E-state index in [0.29, 0.717) is 16.0 Å². The second-order valence-electron chi connectivity index (χ2n) is 4.99. The summed E-state index contributed by atoms with van der Waals surface area (Å²) >= 11 is 3.18. The zero-order chi connectivity index (χ0) is 16.5. The van der Waals surface area contributed by atoms with Gasteiger partial charge in [0.2, 0.25) is 0 Å². The summed E-state index contributed by atoms with van der Waals surface area (Å²) in [4.78, 5) is 12.2. The fourth-order valence-corrected chi connectivity index (χ4v) is 2.57. The molecule has 1 N–H and O–H groups in total. The van der Waals surface area contributed by atoms with Crippen LogP contribution in [0.4, 0.5) is 5.69 Å². The normalized spacial score (nSPS) is 10.9. The van der Waals surface area contributed by atoms with Gasteiger partial charge in [-0.15, -0.1) is 10.2 Å². The van der Waals surface area contributed by atoms with Crippen LogP contribution in [0.15, 0.2) is 63.9 Å². The molecule has 4 rings (SSSR count). The molecular formula is C16H10BrN5O2. The maximum atomic E-state index is 12.2. The number of nitrogens with one attached hydrogen (secondary N) is 1. The quantitative estimate of drug-likeness (QED) is 0.585. The Morgan fingerprint density at radius 2 is 2.08 bits per heavy atom. The Morgan fingerprint density at radius 1 is 1.17 bits per heavy atom. The number of carbonyl (C=O) groups is 1. The largest absolute Gasteiger partial charge is 0.444 e. The van der Waals surface area contributed by atoms with Crippen molar-refractivity contribution in [1.82, 2.24) is 19.8 Å². The molecule has 0 aliphatic rings. The molecule has 1 aromatic carbocycles. The van der Waals surface area contributed by atoms with Crippen LogP contribution < -0.4 is 5.32 Å². The highest BCUT2D eigenvalue weighted by Gasteiger charge is 2.11. The minimum atomic E-state index is -0.319. The van der Waals surface area contributed by atoms with E-state index in [2.05, 4.69) is 36.5 Å². The predicted molar refractivity (Wildman–Crippen MR) is 90.6 cm³/mol. The Bertz CT molecular complexity index is 1040. The number of carbonyl (C=O) groups excluding carboxylic acids is 1. The highest BCUT2D eigenvalue weighted by molar-refractivity contribution is 9.10. The van der Waals surface area contributed by atoms with Gasteiger partial charge in [-0.2, -0.15) is 9.61 Å². The molecule has 3 aromatic heterocycles. The molecule has 0 spiro atoms. The van der Waals surface area contributed by atoms with E-state index in [1.165, 1.54) is 0 Å². The molecule has 3 heterocycles. The zero-order valence-corrected chi connectivity index (χ0v) is 13.8. The van der Waals surface area contributed by atoms with Crippen LogP contribution in [0.5, 0.6) is 0 Å². The van der Waals surface area contributed by atoms with E-state index in [0.717, 1.165) is 11.3 Å². The van der Waals surface area contributed by atoms with Crippen LogP contribution in [0.3, 0.4) is 0 Å². The number of hydrogen-bond acceptors (Lipinski definition) is 5. The van der Waals surface area contributed by atoms with Gasteiger partial charge in [0.15, 0.2) is 16.1 Å². The molecule has 7 nitrogen and oxygen atoms in total. The Hall–Kier alpha value is -3.00. The van der Waals surface area contributed by atoms with Crippen molar-refractivity contribution in [2.75, 3.05) is 5.32 Å². The van der Waals surface area contributed by atoms with Gasteiger partial charge in [-0.25, -0.2) is 0 Å². The van der Waals surface area contributed by atoms with E-state index in [4.69, 9.17) is 4.42 Å². The second kappa shape index (κ2) is 5.89. The first-order chi connectivity index (χ1) is 11.7. The summed E-state index contributed by atoms with van der Waals surface area (Å²) in [6.07, 6.45) is 1.54. The molecule has 0 saturated heterocycles. The molecule has 0 fully saturated rings. The molecular weight excluding hydrogens is 374 g/mol. The topological polar surface area (TPSA) is 85.3 Å². The first kappa shape index (κ1) is 14.6. The lowest BCUT2D eigenvalue weighted by Crippen LogP contribution is -2.10. The molecule has 4 aromatic rings. The van der Waals surface area contributed by atoms with Gasteiger partial charge in [0.25, 0.3) is 5.91 Å². The van der Waals surface area contributed by atoms with Gasteiger partial charge < -0.3 is 9.73 Å². The zero-order valence-electron chi connectivity index (χ0n) is 12.2. The summed E-state index contributed by atoms with van der Waals surface area (Å²) in [6, 6.07) is 14.4. The van der Waals surface area contributed by atoms with Crippen LogP contribution in [0.25, 0.3) is 16.9 Å². The lowest BCUT2D eigenvalue weighted by Gasteiger charge is -2.06. The lowest BCUT2D eigenvalue weighted by atomic mass is 10.1. The van der Waals surface area contributed by atoms with Gasteiger partial charge in [0, 0.05) is 11.3 Å². The van der Waals surface area contributed by atoms with Gasteiger partial charge in [-0.1, -0.05) is 12.1 Å². The fraction of sp³-hybridized carbons (Fsp3) is 0. The summed E-state index contributed by atoms with van der Waals surface area (Å²) < 4.78 is 7.35. The third kappa shape index (κ3) is 2.79. The van der Waals surface area contributed by atoms with Gasteiger partial charge in [0.05, 0.1) is 5.69 Å². The molecule has 0 bridgehead atoms. The van der Waals surface area contributed by atoms with Crippen molar-refractivity contribution in [3.05, 3.63) is 65.3 Å². The van der Waals surface area contributed by atoms with Crippen molar-refractivity contribution in [2.24, 2.45) is 0 Å². The first-order valence-electron chi connectivity index (χ1n) is 7.03. The highest BCUT2D eigenvalue weighted by atomic mass is 79.9. The Kier molecular flexibility index (Phi) is 3.58. The van der Waals surface area contributed by atoms with E-state index in [1.54, 1.807) is 29.0 Å². The van der Waals surface area contributed by atoms with Crippen molar-refractivity contribution in [3.63, 3.8) is 0 Å². The molecule has 118 valence electrons. The lowest BCUT2D eigenvalue weighted by molar-refractivity contribution is 0.0995. The molecule has 0 aliphatic carbocycles. The van der Waals surface area contributed by atoms with Crippen LogP contribution >= 0.6 is 15.9 Å². The third-order valence-corrected chi connectivity index (χ3v) is 3.80. The number of aromatic nitrogens is 4. The number of anilines is 1. The molecule has 0 radical (unpaired) electrons. The summed E-state index contributed by atoms with van der Waals surface area (Å²) in [5.41, 5.74) is 2.94. The van der Waals surface area contributed by atoms with Crippen LogP contribution in [0, 0.1) is 0 Å². The highest BCUT2D eigenvalue weighted by Crippen LogP contribution is 2.22. The molecule has 0 unspecified atom stereocenters. The fourth-order valence-electron chi connectivity index (χ4n) is 2.27. The van der Waals surface area contributed by atoms with Crippen molar-refractivity contribution >= 4 is 33.2 Å². The third-order valence-electron chi connectivity index (χ3n) is 3.37. The van der Waals surface area contributed by atoms with Crippen molar-refractivity contribution in [2.45, 2.75) is 0 Å². The molecule has 0 saturated carbocycles. The number of rotatable bonds is 3. The number of benzene rings is 1. The van der Waals surface area contributed by atoms with Crippen molar-refractivity contribution in [1.29, 1.82) is 0 Å². The molecule has 24 heavy (non-hydrogen) atoms. The Balaban J connectivity index is 1.62. The summed E-state index contributed by atoms with van der Waals surface area (Å²) in [7, 11) is 0. The average Bonchev–Trinajstić information content (AvgIpc) is 3.23. The van der Waals surface area contributed by atoms with Crippen molar-refractivity contribution in [3.8, 4) is 11.3 Å². The summed E-state index contributed by atoms with van der Waals surface area (Å²) in [5, 5.41) is 15.0. The van der Waals surface area contributed by atoms with Crippen molar-refractivity contribution < 1.29 is 9.21 Å². The van der Waals surface area contributed by atoms with E-state index in [-0.39, 0.29) is 11.7 Å². The van der Waals surface area contributed by atoms with Gasteiger partial charge in [-0.3, -0.25) is 4.79 Å². The molecule has 8 heteroatoms. The Morgan fingerprint density at radius 3 is 2.92 bits per heavy atom. The molecule has 0 aliphatic heterocycles. The van der Waals surface area contributed by atoms with E-state index in [1.807, 2.05) is 30.3 Å². The second-order valence-corrected chi connectivity index (χ2v) is 5.77. The average molecular weight is 384 g/mol. The molecule has 0 atom stereocenters. The van der Waals surface area contributed by atoms with E-state index < -0.39 is 0 Å². The number of hydrogen-bond donors (Lipinski definition) is 1. The standard InChI is InChI=1S/C16H10BrN5O2/c17-14-6-5-13(24-14)16(23)19-11-3-1-2-10(8-11)12-4-7-15-20-18-9-22(15)21-12/h1-9H,(H,19,23). The molecule has 1 amide bonds. The number of amides is 1. The van der Waals surface area contributed by atoms with Crippen LogP contribution in [-0.4, -0.2) is 25.7 Å². The van der Waals surface area contributed by atoms with Crippen LogP contribution in [0.2, 0.25) is 0 Å². The summed E-state index contributed by atoms with van der Waals surface area (Å²) in [6.45, 7) is 0. The number of fused-ring (bicyclic) bond motifs is 1. The predicted octanol–water partition coefficient (Wildman–Crippen LogP) is 3.40. The van der Waals surface area contributed by atoms with E-state index >= 15 is 0 Å². The Labute approximate surface area is 144 Å². The van der Waals surface area contributed by atoms with Crippen LogP contribution in [-0.2, 0) is 0 Å². The van der Waals surface area contributed by atoms with Gasteiger partial charge in [0.1, 0.15) is 6.33 Å². The van der Waals surface area contributed by atoms with E-state index in [9.17, 15) is 4.79 Å². The summed E-state index contributed by atoms with van der Waals surface area (Å²) in [5.74, 6) is -0.0867. The maximum absolute atomic E-state index is 12.2. The van der Waals surface area contributed by atoms with Crippen LogP contribution in [0.1, 0.15) is 10.6 Å². The maximum Gasteiger partial charge on any atom is 0.291 e. The minimum absolute atomic E-state index is 0.233. The SMILES string of the molecule is O=C(Nc1cccc(-c2ccc3nncn3n2)c1)c1ccc(Br)o1. The van der Waals surface area contributed by atoms with Gasteiger partial charge in [-0.05, 0) is 52.3 Å². The first-order valence-corrected chi connectivity index (χ1v) is 7.82. The number of halogens is 1. The minimum Gasteiger partial charge on any atom is -0.444 e. The number of furan rings is 1.